The Hall–Kier alpha value is -3.36. The number of para-hydroxylation sites is 1. The van der Waals surface area contributed by atoms with Crippen molar-refractivity contribution in [3.05, 3.63) is 75.3 Å². The topological polar surface area (TPSA) is 83.8 Å². The van der Waals surface area contributed by atoms with Crippen molar-refractivity contribution in [3.8, 4) is 0 Å². The molecule has 0 bridgehead atoms. The molecule has 0 N–H and O–H groups in total. The minimum atomic E-state index is -1.09. The van der Waals surface area contributed by atoms with E-state index in [1.807, 2.05) is 0 Å². The molecular formula is C19H17F2N3O4. The number of nitro groups is 1. The zero-order chi connectivity index (χ0) is 20.3. The van der Waals surface area contributed by atoms with Crippen LogP contribution in [0.4, 0.5) is 14.5 Å². The third kappa shape index (κ3) is 4.13. The molecule has 0 aliphatic carbocycles. The van der Waals surface area contributed by atoms with E-state index in [1.54, 1.807) is 12.1 Å². The molecule has 1 heterocycles. The first-order valence-corrected chi connectivity index (χ1v) is 8.61. The van der Waals surface area contributed by atoms with Gasteiger partial charge in [-0.05, 0) is 18.2 Å². The van der Waals surface area contributed by atoms with Gasteiger partial charge >= 0.3 is 0 Å². The fourth-order valence-electron chi connectivity index (χ4n) is 3.08. The van der Waals surface area contributed by atoms with Gasteiger partial charge in [-0.1, -0.05) is 18.2 Å². The van der Waals surface area contributed by atoms with E-state index < -0.39 is 22.5 Å². The highest BCUT2D eigenvalue weighted by Crippen LogP contribution is 2.19. The maximum atomic E-state index is 13.3. The molecule has 2 aromatic carbocycles. The average Bonchev–Trinajstić information content (AvgIpc) is 2.70. The summed E-state index contributed by atoms with van der Waals surface area (Å²) in [5, 5.41) is 11.1. The molecule has 1 aliphatic rings. The van der Waals surface area contributed by atoms with Gasteiger partial charge in [0.2, 0.25) is 5.91 Å². The predicted octanol–water partition coefficient (Wildman–Crippen LogP) is 2.40. The average molecular weight is 389 g/mol. The molecule has 1 saturated heterocycles. The zero-order valence-corrected chi connectivity index (χ0v) is 14.8. The number of carbonyl (C=O) groups is 2. The Bertz CT molecular complexity index is 927. The number of nitrogens with zero attached hydrogens (tertiary/aromatic N) is 3. The molecule has 0 saturated carbocycles. The molecule has 28 heavy (non-hydrogen) atoms. The number of amides is 2. The van der Waals surface area contributed by atoms with Crippen LogP contribution >= 0.6 is 0 Å². The molecule has 1 aliphatic heterocycles. The van der Waals surface area contributed by atoms with Crippen molar-refractivity contribution in [2.24, 2.45) is 0 Å². The van der Waals surface area contributed by atoms with E-state index in [1.165, 1.54) is 28.0 Å². The molecule has 146 valence electrons. The van der Waals surface area contributed by atoms with Crippen molar-refractivity contribution >= 4 is 17.5 Å². The van der Waals surface area contributed by atoms with Crippen LogP contribution in [0.3, 0.4) is 0 Å². The van der Waals surface area contributed by atoms with E-state index in [9.17, 15) is 28.5 Å². The molecule has 9 heteroatoms. The lowest BCUT2D eigenvalue weighted by molar-refractivity contribution is -0.385. The Morgan fingerprint density at radius 3 is 2.25 bits per heavy atom. The van der Waals surface area contributed by atoms with Crippen LogP contribution in [-0.4, -0.2) is 52.7 Å². The van der Waals surface area contributed by atoms with Crippen LogP contribution < -0.4 is 0 Å². The third-order valence-electron chi connectivity index (χ3n) is 4.62. The monoisotopic (exact) mass is 389 g/mol. The quantitative estimate of drug-likeness (QED) is 0.594. The van der Waals surface area contributed by atoms with E-state index in [2.05, 4.69) is 0 Å². The predicted molar refractivity (Wildman–Crippen MR) is 95.6 cm³/mol. The maximum Gasteiger partial charge on any atom is 0.273 e. The Morgan fingerprint density at radius 1 is 0.964 bits per heavy atom. The number of hydrogen-bond acceptors (Lipinski definition) is 4. The Balaban J connectivity index is 1.60. The van der Waals surface area contributed by atoms with Crippen LogP contribution in [0.15, 0.2) is 42.5 Å². The van der Waals surface area contributed by atoms with Gasteiger partial charge in [0.05, 0.1) is 11.3 Å². The molecule has 0 aromatic heterocycles. The number of hydrogen-bond donors (Lipinski definition) is 0. The van der Waals surface area contributed by atoms with Gasteiger partial charge < -0.3 is 9.80 Å². The van der Waals surface area contributed by atoms with Gasteiger partial charge in [0.15, 0.2) is 11.6 Å². The maximum absolute atomic E-state index is 13.3. The number of carbonyl (C=O) groups excluding carboxylic acids is 2. The van der Waals surface area contributed by atoms with E-state index in [0.29, 0.717) is 5.56 Å². The van der Waals surface area contributed by atoms with E-state index in [4.69, 9.17) is 0 Å². The highest BCUT2D eigenvalue weighted by Gasteiger charge is 2.26. The molecule has 3 rings (SSSR count). The van der Waals surface area contributed by atoms with Crippen LogP contribution in [0.1, 0.15) is 15.9 Å². The third-order valence-corrected chi connectivity index (χ3v) is 4.62. The van der Waals surface area contributed by atoms with Crippen molar-refractivity contribution in [1.29, 1.82) is 0 Å². The van der Waals surface area contributed by atoms with Crippen LogP contribution in [0.25, 0.3) is 0 Å². The van der Waals surface area contributed by atoms with Crippen LogP contribution in [0, 0.1) is 21.7 Å². The molecule has 0 atom stereocenters. The second kappa shape index (κ2) is 8.12. The summed E-state index contributed by atoms with van der Waals surface area (Å²) in [6.07, 6.45) is -0.103. The highest BCUT2D eigenvalue weighted by molar-refractivity contribution is 5.94. The summed E-state index contributed by atoms with van der Waals surface area (Å²) in [6, 6.07) is 9.02. The summed E-state index contributed by atoms with van der Waals surface area (Å²) in [4.78, 5) is 38.4. The summed E-state index contributed by atoms with van der Waals surface area (Å²) in [5.41, 5.74) is 0.263. The Morgan fingerprint density at radius 2 is 1.61 bits per heavy atom. The largest absolute Gasteiger partial charge is 0.339 e. The van der Waals surface area contributed by atoms with Gasteiger partial charge in [0, 0.05) is 43.4 Å². The Labute approximate surface area is 159 Å². The van der Waals surface area contributed by atoms with Gasteiger partial charge in [-0.3, -0.25) is 19.7 Å². The van der Waals surface area contributed by atoms with Crippen LogP contribution in [-0.2, 0) is 11.2 Å². The summed E-state index contributed by atoms with van der Waals surface area (Å²) in [7, 11) is 0. The van der Waals surface area contributed by atoms with Crippen molar-refractivity contribution in [1.82, 2.24) is 9.80 Å². The van der Waals surface area contributed by atoms with Crippen LogP contribution in [0.5, 0.6) is 0 Å². The highest BCUT2D eigenvalue weighted by atomic mass is 19.2. The lowest BCUT2D eigenvalue weighted by Gasteiger charge is -2.35. The van der Waals surface area contributed by atoms with Gasteiger partial charge in [0.1, 0.15) is 0 Å². The minimum Gasteiger partial charge on any atom is -0.339 e. The lowest BCUT2D eigenvalue weighted by Crippen LogP contribution is -2.51. The summed E-state index contributed by atoms with van der Waals surface area (Å²) < 4.78 is 26.3. The summed E-state index contributed by atoms with van der Waals surface area (Å²) in [5.74, 6) is -2.83. The normalized spacial score (nSPS) is 14.1. The number of piperazine rings is 1. The molecule has 7 nitrogen and oxygen atoms in total. The van der Waals surface area contributed by atoms with Gasteiger partial charge in [-0.2, -0.15) is 0 Å². The number of rotatable bonds is 4. The molecule has 0 radical (unpaired) electrons. The van der Waals surface area contributed by atoms with Crippen molar-refractivity contribution in [2.45, 2.75) is 6.42 Å². The van der Waals surface area contributed by atoms with E-state index >= 15 is 0 Å². The molecule has 1 fully saturated rings. The zero-order valence-electron chi connectivity index (χ0n) is 14.8. The second-order valence-electron chi connectivity index (χ2n) is 6.36. The van der Waals surface area contributed by atoms with Gasteiger partial charge in [-0.15, -0.1) is 0 Å². The number of halogens is 2. The first kappa shape index (κ1) is 19.4. The van der Waals surface area contributed by atoms with Gasteiger partial charge in [0.25, 0.3) is 11.6 Å². The second-order valence-corrected chi connectivity index (χ2v) is 6.36. The summed E-state index contributed by atoms with van der Waals surface area (Å²) in [6.45, 7) is 0.991. The van der Waals surface area contributed by atoms with Crippen molar-refractivity contribution < 1.29 is 23.3 Å². The smallest absolute Gasteiger partial charge is 0.273 e. The lowest BCUT2D eigenvalue weighted by atomic mass is 10.1. The van der Waals surface area contributed by atoms with Crippen molar-refractivity contribution in [2.75, 3.05) is 26.2 Å². The fourth-order valence-corrected chi connectivity index (χ4v) is 3.08. The molecule has 0 unspecified atom stereocenters. The fraction of sp³-hybridized carbons (Fsp3) is 0.263. The van der Waals surface area contributed by atoms with Gasteiger partial charge in [-0.25, -0.2) is 8.78 Å². The first-order valence-electron chi connectivity index (χ1n) is 8.61. The standard InChI is InChI=1S/C19H17F2N3O4/c20-15-6-5-14(11-16(15)21)19(26)23-9-7-22(8-10-23)18(25)12-13-3-1-2-4-17(13)24(27)28/h1-6,11H,7-10,12H2. The number of nitro benzene ring substituents is 1. The molecule has 2 amide bonds. The number of benzene rings is 2. The van der Waals surface area contributed by atoms with Crippen molar-refractivity contribution in [3.63, 3.8) is 0 Å². The molecular weight excluding hydrogens is 372 g/mol. The van der Waals surface area contributed by atoms with E-state index in [0.717, 1.165) is 12.1 Å². The van der Waals surface area contributed by atoms with E-state index in [-0.39, 0.29) is 49.8 Å². The summed E-state index contributed by atoms with van der Waals surface area (Å²) >= 11 is 0. The molecule has 2 aromatic rings. The SMILES string of the molecule is O=C(Cc1ccccc1[N+](=O)[O-])N1CCN(C(=O)c2ccc(F)c(F)c2)CC1. The minimum absolute atomic E-state index is 0.0404. The Kier molecular flexibility index (Phi) is 5.62. The van der Waals surface area contributed by atoms with Crippen LogP contribution in [0.2, 0.25) is 0 Å². The molecule has 0 spiro atoms. The first-order chi connectivity index (χ1) is 13.4.